The standard InChI is InChI=1S/C20H23N3O3S/c1-4-18(24)21-16-7-6-8-17(13(16)3)22-20(27)23-19(25)14-9-11-15(12-10-14)26-5-2/h6-12H,4-5H2,1-3H3,(H,21,24)(H2,22,23,25,27). The number of hydrogen-bond acceptors (Lipinski definition) is 4. The van der Waals surface area contributed by atoms with E-state index in [1.807, 2.05) is 26.0 Å². The summed E-state index contributed by atoms with van der Waals surface area (Å²) in [5, 5.41) is 8.66. The van der Waals surface area contributed by atoms with Crippen molar-refractivity contribution in [3.8, 4) is 5.75 Å². The molecule has 0 bridgehead atoms. The molecule has 0 spiro atoms. The summed E-state index contributed by atoms with van der Waals surface area (Å²) in [7, 11) is 0. The van der Waals surface area contributed by atoms with E-state index in [4.69, 9.17) is 17.0 Å². The Labute approximate surface area is 164 Å². The molecule has 6 nitrogen and oxygen atoms in total. The maximum absolute atomic E-state index is 12.3. The fourth-order valence-corrected chi connectivity index (χ4v) is 2.55. The maximum Gasteiger partial charge on any atom is 0.257 e. The number of anilines is 2. The summed E-state index contributed by atoms with van der Waals surface area (Å²) >= 11 is 5.24. The first kappa shape index (κ1) is 20.4. The Morgan fingerprint density at radius 3 is 2.22 bits per heavy atom. The number of carbonyl (C=O) groups is 2. The van der Waals surface area contributed by atoms with E-state index in [0.29, 0.717) is 35.7 Å². The Balaban J connectivity index is 2.01. The fourth-order valence-electron chi connectivity index (χ4n) is 2.34. The van der Waals surface area contributed by atoms with E-state index in [1.54, 1.807) is 37.3 Å². The van der Waals surface area contributed by atoms with Crippen molar-refractivity contribution in [1.29, 1.82) is 0 Å². The number of amides is 2. The van der Waals surface area contributed by atoms with Crippen LogP contribution in [0.1, 0.15) is 36.2 Å². The van der Waals surface area contributed by atoms with Crippen molar-refractivity contribution in [3.63, 3.8) is 0 Å². The molecule has 7 heteroatoms. The largest absolute Gasteiger partial charge is 0.494 e. The van der Waals surface area contributed by atoms with E-state index in [-0.39, 0.29) is 16.9 Å². The minimum Gasteiger partial charge on any atom is -0.494 e. The summed E-state index contributed by atoms with van der Waals surface area (Å²) < 4.78 is 5.36. The molecule has 2 aromatic carbocycles. The Morgan fingerprint density at radius 1 is 1.00 bits per heavy atom. The van der Waals surface area contributed by atoms with Crippen molar-refractivity contribution in [2.45, 2.75) is 27.2 Å². The first-order chi connectivity index (χ1) is 12.9. The lowest BCUT2D eigenvalue weighted by atomic mass is 10.1. The highest BCUT2D eigenvalue weighted by Crippen LogP contribution is 2.23. The molecular formula is C20H23N3O3S. The van der Waals surface area contributed by atoms with Crippen LogP contribution in [0.2, 0.25) is 0 Å². The van der Waals surface area contributed by atoms with Crippen LogP contribution in [0.4, 0.5) is 11.4 Å². The van der Waals surface area contributed by atoms with Gasteiger partial charge in [-0.05, 0) is 68.0 Å². The van der Waals surface area contributed by atoms with Crippen LogP contribution in [0.25, 0.3) is 0 Å². The van der Waals surface area contributed by atoms with Gasteiger partial charge in [-0.25, -0.2) is 0 Å². The third-order valence-electron chi connectivity index (χ3n) is 3.83. The summed E-state index contributed by atoms with van der Waals surface area (Å²) in [4.78, 5) is 23.9. The first-order valence-electron chi connectivity index (χ1n) is 8.69. The monoisotopic (exact) mass is 385 g/mol. The van der Waals surface area contributed by atoms with E-state index < -0.39 is 0 Å². The summed E-state index contributed by atoms with van der Waals surface area (Å²) in [6.45, 7) is 6.12. The number of hydrogen-bond donors (Lipinski definition) is 3. The maximum atomic E-state index is 12.3. The molecule has 2 amide bonds. The van der Waals surface area contributed by atoms with E-state index in [1.165, 1.54) is 0 Å². The molecule has 27 heavy (non-hydrogen) atoms. The van der Waals surface area contributed by atoms with Crippen LogP contribution in [-0.2, 0) is 4.79 Å². The van der Waals surface area contributed by atoms with Gasteiger partial charge in [0.05, 0.1) is 6.61 Å². The summed E-state index contributed by atoms with van der Waals surface area (Å²) in [6.07, 6.45) is 0.396. The van der Waals surface area contributed by atoms with Gasteiger partial charge in [0.15, 0.2) is 5.11 Å². The zero-order chi connectivity index (χ0) is 19.8. The second-order valence-electron chi connectivity index (χ2n) is 5.75. The topological polar surface area (TPSA) is 79.5 Å². The highest BCUT2D eigenvalue weighted by molar-refractivity contribution is 7.80. The van der Waals surface area contributed by atoms with Crippen molar-refractivity contribution in [2.75, 3.05) is 17.2 Å². The highest BCUT2D eigenvalue weighted by atomic mass is 32.1. The van der Waals surface area contributed by atoms with Gasteiger partial charge in [-0.3, -0.25) is 14.9 Å². The van der Waals surface area contributed by atoms with Gasteiger partial charge in [-0.15, -0.1) is 0 Å². The molecule has 2 rings (SSSR count). The Kier molecular flexibility index (Phi) is 7.31. The lowest BCUT2D eigenvalue weighted by molar-refractivity contribution is -0.115. The van der Waals surface area contributed by atoms with Gasteiger partial charge in [0.2, 0.25) is 5.91 Å². The van der Waals surface area contributed by atoms with E-state index in [9.17, 15) is 9.59 Å². The number of ether oxygens (including phenoxy) is 1. The average molecular weight is 385 g/mol. The van der Waals surface area contributed by atoms with Crippen LogP contribution in [-0.4, -0.2) is 23.5 Å². The smallest absolute Gasteiger partial charge is 0.257 e. The Hall–Kier alpha value is -2.93. The minimum absolute atomic E-state index is 0.0679. The van der Waals surface area contributed by atoms with Gasteiger partial charge in [-0.2, -0.15) is 0 Å². The summed E-state index contributed by atoms with van der Waals surface area (Å²) in [6, 6.07) is 12.3. The third kappa shape index (κ3) is 5.79. The van der Waals surface area contributed by atoms with Gasteiger partial charge in [0.25, 0.3) is 5.91 Å². The van der Waals surface area contributed by atoms with Crippen LogP contribution in [0.5, 0.6) is 5.75 Å². The van der Waals surface area contributed by atoms with Crippen LogP contribution < -0.4 is 20.7 Å². The van der Waals surface area contributed by atoms with Gasteiger partial charge < -0.3 is 15.4 Å². The molecule has 0 fully saturated rings. The molecule has 0 aliphatic rings. The molecule has 0 atom stereocenters. The molecule has 0 aliphatic carbocycles. The van der Waals surface area contributed by atoms with Gasteiger partial charge in [0.1, 0.15) is 5.75 Å². The number of carbonyl (C=O) groups excluding carboxylic acids is 2. The highest BCUT2D eigenvalue weighted by Gasteiger charge is 2.11. The molecule has 0 radical (unpaired) electrons. The molecule has 0 saturated heterocycles. The van der Waals surface area contributed by atoms with Crippen molar-refractivity contribution in [2.24, 2.45) is 0 Å². The summed E-state index contributed by atoms with van der Waals surface area (Å²) in [5.74, 6) is 0.321. The SMILES string of the molecule is CCOc1ccc(C(=O)NC(=S)Nc2cccc(NC(=O)CC)c2C)cc1. The quantitative estimate of drug-likeness (QED) is 0.658. The molecule has 142 valence electrons. The number of thiocarbonyl (C=S) groups is 1. The molecule has 0 saturated carbocycles. The van der Waals surface area contributed by atoms with Gasteiger partial charge in [0, 0.05) is 23.4 Å². The molecule has 0 heterocycles. The second kappa shape index (κ2) is 9.68. The fraction of sp³-hybridized carbons (Fsp3) is 0.250. The average Bonchev–Trinajstić information content (AvgIpc) is 2.65. The number of nitrogens with one attached hydrogen (secondary N) is 3. The predicted molar refractivity (Wildman–Crippen MR) is 111 cm³/mol. The second-order valence-corrected chi connectivity index (χ2v) is 6.15. The van der Waals surface area contributed by atoms with E-state index >= 15 is 0 Å². The van der Waals surface area contributed by atoms with Gasteiger partial charge in [-0.1, -0.05) is 13.0 Å². The third-order valence-corrected chi connectivity index (χ3v) is 4.04. The minimum atomic E-state index is -0.316. The summed E-state index contributed by atoms with van der Waals surface area (Å²) in [5.41, 5.74) is 2.72. The molecule has 3 N–H and O–H groups in total. The lowest BCUT2D eigenvalue weighted by Gasteiger charge is -2.15. The predicted octanol–water partition coefficient (Wildman–Crippen LogP) is 3.87. The lowest BCUT2D eigenvalue weighted by Crippen LogP contribution is -2.34. The molecule has 0 unspecified atom stereocenters. The first-order valence-corrected chi connectivity index (χ1v) is 9.10. The normalized spacial score (nSPS) is 10.0. The van der Waals surface area contributed by atoms with Crippen LogP contribution in [0.3, 0.4) is 0 Å². The number of rotatable bonds is 6. The zero-order valence-corrected chi connectivity index (χ0v) is 16.4. The van der Waals surface area contributed by atoms with Crippen LogP contribution in [0.15, 0.2) is 42.5 Å². The van der Waals surface area contributed by atoms with Crippen molar-refractivity contribution in [3.05, 3.63) is 53.6 Å². The van der Waals surface area contributed by atoms with Crippen molar-refractivity contribution < 1.29 is 14.3 Å². The Bertz CT molecular complexity index is 835. The molecule has 0 aromatic heterocycles. The van der Waals surface area contributed by atoms with Crippen molar-refractivity contribution >= 4 is 40.5 Å². The zero-order valence-electron chi connectivity index (χ0n) is 15.6. The number of benzene rings is 2. The molecule has 2 aromatic rings. The molecular weight excluding hydrogens is 362 g/mol. The van der Waals surface area contributed by atoms with Crippen LogP contribution >= 0.6 is 12.2 Å². The van der Waals surface area contributed by atoms with Crippen LogP contribution in [0, 0.1) is 6.92 Å². The molecule has 0 aliphatic heterocycles. The van der Waals surface area contributed by atoms with Crippen molar-refractivity contribution in [1.82, 2.24) is 5.32 Å². The van der Waals surface area contributed by atoms with E-state index in [0.717, 1.165) is 5.56 Å². The van der Waals surface area contributed by atoms with Gasteiger partial charge >= 0.3 is 0 Å². The van der Waals surface area contributed by atoms with E-state index in [2.05, 4.69) is 16.0 Å². The Morgan fingerprint density at radius 2 is 1.63 bits per heavy atom.